The number of rotatable bonds is 4. The van der Waals surface area contributed by atoms with Crippen LogP contribution in [0.1, 0.15) is 18.4 Å². The zero-order chi connectivity index (χ0) is 16.1. The van der Waals surface area contributed by atoms with Gasteiger partial charge in [0.2, 0.25) is 17.7 Å². The first-order valence-electron chi connectivity index (χ1n) is 6.52. The largest absolute Gasteiger partial charge is 0.341 e. The van der Waals surface area contributed by atoms with Gasteiger partial charge in [-0.25, -0.2) is 0 Å². The molecule has 114 valence electrons. The molecule has 1 fully saturated rings. The van der Waals surface area contributed by atoms with Gasteiger partial charge in [0.1, 0.15) is 6.04 Å². The van der Waals surface area contributed by atoms with Crippen molar-refractivity contribution < 1.29 is 19.3 Å². The fourth-order valence-electron chi connectivity index (χ4n) is 1.93. The number of nitrogens with zero attached hydrogens (tertiary/aromatic N) is 1. The van der Waals surface area contributed by atoms with Crippen molar-refractivity contribution in [1.82, 2.24) is 10.6 Å². The van der Waals surface area contributed by atoms with E-state index in [1.165, 1.54) is 36.4 Å². The number of imide groups is 1. The maximum Gasteiger partial charge on any atom is 0.269 e. The molecular weight excluding hydrogens is 290 g/mol. The zero-order valence-electron chi connectivity index (χ0n) is 11.4. The van der Waals surface area contributed by atoms with Crippen LogP contribution in [0, 0.1) is 10.1 Å². The molecule has 8 nitrogen and oxygen atoms in total. The van der Waals surface area contributed by atoms with Crippen LogP contribution in [0.15, 0.2) is 30.3 Å². The highest BCUT2D eigenvalue weighted by molar-refractivity contribution is 6.03. The molecule has 1 aliphatic heterocycles. The van der Waals surface area contributed by atoms with E-state index in [0.717, 1.165) is 0 Å². The highest BCUT2D eigenvalue weighted by Gasteiger charge is 2.27. The van der Waals surface area contributed by atoms with E-state index in [4.69, 9.17) is 0 Å². The Balaban J connectivity index is 1.92. The van der Waals surface area contributed by atoms with Gasteiger partial charge in [-0.2, -0.15) is 0 Å². The Labute approximate surface area is 125 Å². The van der Waals surface area contributed by atoms with Crippen molar-refractivity contribution in [2.45, 2.75) is 18.9 Å². The number of piperidine rings is 1. The SMILES string of the molecule is O=C(/C=C/c1ccc([N+](=O)[O-])cc1)N[C@H]1CCC(=O)NC1=O. The summed E-state index contributed by atoms with van der Waals surface area (Å²) >= 11 is 0. The van der Waals surface area contributed by atoms with Crippen LogP contribution in [-0.2, 0) is 14.4 Å². The van der Waals surface area contributed by atoms with E-state index < -0.39 is 22.8 Å². The topological polar surface area (TPSA) is 118 Å². The van der Waals surface area contributed by atoms with E-state index in [2.05, 4.69) is 10.6 Å². The maximum atomic E-state index is 11.7. The molecule has 2 N–H and O–H groups in total. The smallest absolute Gasteiger partial charge is 0.269 e. The van der Waals surface area contributed by atoms with Gasteiger partial charge in [0.15, 0.2) is 0 Å². The van der Waals surface area contributed by atoms with E-state index in [-0.39, 0.29) is 24.4 Å². The summed E-state index contributed by atoms with van der Waals surface area (Å²) in [5.41, 5.74) is 0.578. The quantitative estimate of drug-likeness (QED) is 0.364. The van der Waals surface area contributed by atoms with Crippen molar-refractivity contribution in [2.24, 2.45) is 0 Å². The number of carbonyl (C=O) groups excluding carboxylic acids is 3. The molecule has 2 rings (SSSR count). The number of nitro groups is 1. The van der Waals surface area contributed by atoms with Gasteiger partial charge < -0.3 is 5.32 Å². The summed E-state index contributed by atoms with van der Waals surface area (Å²) in [7, 11) is 0. The first kappa shape index (κ1) is 15.4. The summed E-state index contributed by atoms with van der Waals surface area (Å²) in [6, 6.07) is 4.95. The molecule has 1 aliphatic rings. The normalized spacial score (nSPS) is 18.1. The Morgan fingerprint density at radius 1 is 1.32 bits per heavy atom. The minimum atomic E-state index is -0.730. The lowest BCUT2D eigenvalue weighted by Gasteiger charge is -2.20. The summed E-state index contributed by atoms with van der Waals surface area (Å²) in [6.07, 6.45) is 3.15. The van der Waals surface area contributed by atoms with Gasteiger partial charge in [0.25, 0.3) is 5.69 Å². The molecule has 0 aromatic heterocycles. The molecule has 3 amide bonds. The molecular formula is C14H13N3O5. The first-order valence-corrected chi connectivity index (χ1v) is 6.52. The number of carbonyl (C=O) groups is 3. The second kappa shape index (κ2) is 6.61. The van der Waals surface area contributed by atoms with Gasteiger partial charge in [0.05, 0.1) is 4.92 Å². The monoisotopic (exact) mass is 303 g/mol. The molecule has 0 aliphatic carbocycles. The van der Waals surface area contributed by atoms with Crippen LogP contribution >= 0.6 is 0 Å². The Morgan fingerprint density at radius 2 is 2.00 bits per heavy atom. The number of nitrogens with one attached hydrogen (secondary N) is 2. The molecule has 1 atom stereocenters. The third-order valence-corrected chi connectivity index (χ3v) is 3.09. The van der Waals surface area contributed by atoms with Crippen LogP contribution in [0.25, 0.3) is 6.08 Å². The molecule has 1 aromatic rings. The van der Waals surface area contributed by atoms with E-state index >= 15 is 0 Å². The number of non-ortho nitro benzene ring substituents is 1. The van der Waals surface area contributed by atoms with E-state index in [9.17, 15) is 24.5 Å². The van der Waals surface area contributed by atoms with Crippen LogP contribution in [0.4, 0.5) is 5.69 Å². The Bertz CT molecular complexity index is 651. The minimum Gasteiger partial charge on any atom is -0.341 e. The third-order valence-electron chi connectivity index (χ3n) is 3.09. The van der Waals surface area contributed by atoms with Gasteiger partial charge in [-0.05, 0) is 30.2 Å². The van der Waals surface area contributed by atoms with Crippen molar-refractivity contribution in [2.75, 3.05) is 0 Å². The molecule has 0 bridgehead atoms. The van der Waals surface area contributed by atoms with E-state index in [1.807, 2.05) is 0 Å². The number of hydrogen-bond acceptors (Lipinski definition) is 5. The zero-order valence-corrected chi connectivity index (χ0v) is 11.4. The van der Waals surface area contributed by atoms with Gasteiger partial charge in [-0.3, -0.25) is 29.8 Å². The third kappa shape index (κ3) is 3.98. The van der Waals surface area contributed by atoms with Crippen LogP contribution in [0.3, 0.4) is 0 Å². The number of nitro benzene ring substituents is 1. The first-order chi connectivity index (χ1) is 10.5. The molecule has 0 spiro atoms. The van der Waals surface area contributed by atoms with Gasteiger partial charge in [0, 0.05) is 24.6 Å². The van der Waals surface area contributed by atoms with Crippen molar-refractivity contribution in [3.8, 4) is 0 Å². The number of benzene rings is 1. The summed E-state index contributed by atoms with van der Waals surface area (Å²) in [5, 5.41) is 15.2. The van der Waals surface area contributed by atoms with Crippen LogP contribution in [0.2, 0.25) is 0 Å². The number of hydrogen-bond donors (Lipinski definition) is 2. The van der Waals surface area contributed by atoms with Gasteiger partial charge >= 0.3 is 0 Å². The lowest BCUT2D eigenvalue weighted by molar-refractivity contribution is -0.384. The van der Waals surface area contributed by atoms with Crippen molar-refractivity contribution in [3.63, 3.8) is 0 Å². The number of amides is 3. The van der Waals surface area contributed by atoms with Crippen LogP contribution < -0.4 is 10.6 Å². The molecule has 0 radical (unpaired) electrons. The fraction of sp³-hybridized carbons (Fsp3) is 0.214. The van der Waals surface area contributed by atoms with Crippen molar-refractivity contribution in [1.29, 1.82) is 0 Å². The fourth-order valence-corrected chi connectivity index (χ4v) is 1.93. The molecule has 1 saturated heterocycles. The minimum absolute atomic E-state index is 0.0369. The van der Waals surface area contributed by atoms with Crippen LogP contribution in [-0.4, -0.2) is 28.7 Å². The molecule has 0 saturated carbocycles. The maximum absolute atomic E-state index is 11.7. The van der Waals surface area contributed by atoms with Gasteiger partial charge in [-0.15, -0.1) is 0 Å². The summed E-state index contributed by atoms with van der Waals surface area (Å²) < 4.78 is 0. The van der Waals surface area contributed by atoms with Crippen molar-refractivity contribution in [3.05, 3.63) is 46.0 Å². The second-order valence-electron chi connectivity index (χ2n) is 4.69. The van der Waals surface area contributed by atoms with Crippen molar-refractivity contribution >= 4 is 29.5 Å². The predicted molar refractivity (Wildman–Crippen MR) is 76.4 cm³/mol. The summed E-state index contributed by atoms with van der Waals surface area (Å²) in [4.78, 5) is 44.2. The van der Waals surface area contributed by atoms with E-state index in [0.29, 0.717) is 5.56 Å². The Morgan fingerprint density at radius 3 is 2.59 bits per heavy atom. The second-order valence-corrected chi connectivity index (χ2v) is 4.69. The standard InChI is InChI=1S/C14H13N3O5/c18-12(15-11-6-8-13(19)16-14(11)20)7-3-9-1-4-10(5-2-9)17(21)22/h1-5,7,11H,6,8H2,(H,15,18)(H,16,19,20)/b7-3+/t11-/m0/s1. The summed E-state index contributed by atoms with van der Waals surface area (Å²) in [6.45, 7) is 0. The van der Waals surface area contributed by atoms with Gasteiger partial charge in [-0.1, -0.05) is 0 Å². The van der Waals surface area contributed by atoms with Crippen LogP contribution in [0.5, 0.6) is 0 Å². The predicted octanol–water partition coefficient (Wildman–Crippen LogP) is 0.529. The molecule has 8 heteroatoms. The molecule has 22 heavy (non-hydrogen) atoms. The molecule has 1 aromatic carbocycles. The lowest BCUT2D eigenvalue weighted by Crippen LogP contribution is -2.51. The lowest BCUT2D eigenvalue weighted by atomic mass is 10.1. The molecule has 0 unspecified atom stereocenters. The van der Waals surface area contributed by atoms with E-state index in [1.54, 1.807) is 0 Å². The Hall–Kier alpha value is -3.03. The average molecular weight is 303 g/mol. The molecule has 1 heterocycles. The average Bonchev–Trinajstić information content (AvgIpc) is 2.48. The Kier molecular flexibility index (Phi) is 4.62. The summed E-state index contributed by atoms with van der Waals surface area (Å²) in [5.74, 6) is -1.35. The highest BCUT2D eigenvalue weighted by Crippen LogP contribution is 2.12. The highest BCUT2D eigenvalue weighted by atomic mass is 16.6.